The molecule has 88 valence electrons. The van der Waals surface area contributed by atoms with Gasteiger partial charge in [0.05, 0.1) is 13.2 Å². The topological polar surface area (TPSA) is 99.4 Å². The van der Waals surface area contributed by atoms with Crippen molar-refractivity contribution in [2.75, 3.05) is 13.2 Å². The van der Waals surface area contributed by atoms with E-state index in [2.05, 4.69) is 6.58 Å². The lowest BCUT2D eigenvalue weighted by atomic mass is 9.99. The van der Waals surface area contributed by atoms with Gasteiger partial charge in [-0.05, 0) is 0 Å². The van der Waals surface area contributed by atoms with Crippen LogP contribution in [0.4, 0.5) is 0 Å². The molecule has 0 aliphatic carbocycles. The van der Waals surface area contributed by atoms with Gasteiger partial charge in [0.1, 0.15) is 24.4 Å². The van der Waals surface area contributed by atoms with Crippen LogP contribution in [0.25, 0.3) is 0 Å². The van der Waals surface area contributed by atoms with Gasteiger partial charge in [-0.15, -0.1) is 6.58 Å². The van der Waals surface area contributed by atoms with Crippen LogP contribution in [0.2, 0.25) is 0 Å². The molecule has 0 saturated carbocycles. The molecule has 4 N–H and O–H groups in total. The second kappa shape index (κ2) is 5.55. The van der Waals surface area contributed by atoms with E-state index in [9.17, 15) is 15.3 Å². The van der Waals surface area contributed by atoms with E-state index in [0.29, 0.717) is 0 Å². The fourth-order valence-corrected chi connectivity index (χ4v) is 1.37. The third kappa shape index (κ3) is 2.75. The monoisotopic (exact) mass is 220 g/mol. The summed E-state index contributed by atoms with van der Waals surface area (Å²) in [5.41, 5.74) is 0. The van der Waals surface area contributed by atoms with Crippen molar-refractivity contribution in [2.45, 2.75) is 30.7 Å². The van der Waals surface area contributed by atoms with Crippen LogP contribution in [0.5, 0.6) is 0 Å². The molecule has 0 aromatic carbocycles. The Kier molecular flexibility index (Phi) is 4.65. The van der Waals surface area contributed by atoms with E-state index in [4.69, 9.17) is 14.6 Å². The summed E-state index contributed by atoms with van der Waals surface area (Å²) >= 11 is 0. The van der Waals surface area contributed by atoms with Gasteiger partial charge in [0, 0.05) is 0 Å². The maximum absolute atomic E-state index is 9.47. The normalized spacial score (nSPS) is 41.5. The lowest BCUT2D eigenvalue weighted by molar-refractivity contribution is -0.298. The van der Waals surface area contributed by atoms with Gasteiger partial charge >= 0.3 is 0 Å². The molecule has 0 bridgehead atoms. The first-order valence-corrected chi connectivity index (χ1v) is 4.64. The molecule has 0 amide bonds. The first-order valence-electron chi connectivity index (χ1n) is 4.64. The molecule has 0 radical (unpaired) electrons. The van der Waals surface area contributed by atoms with Crippen molar-refractivity contribution in [1.82, 2.24) is 0 Å². The van der Waals surface area contributed by atoms with Crippen LogP contribution in [0.1, 0.15) is 0 Å². The zero-order valence-electron chi connectivity index (χ0n) is 8.19. The fourth-order valence-electron chi connectivity index (χ4n) is 1.37. The van der Waals surface area contributed by atoms with E-state index >= 15 is 0 Å². The summed E-state index contributed by atoms with van der Waals surface area (Å²) in [4.78, 5) is 0. The summed E-state index contributed by atoms with van der Waals surface area (Å²) in [7, 11) is 0. The second-order valence-electron chi connectivity index (χ2n) is 3.32. The molecular weight excluding hydrogens is 204 g/mol. The Bertz CT molecular complexity index is 207. The summed E-state index contributed by atoms with van der Waals surface area (Å²) in [6.07, 6.45) is -4.64. The molecule has 1 fully saturated rings. The highest BCUT2D eigenvalue weighted by Crippen LogP contribution is 2.21. The zero-order chi connectivity index (χ0) is 11.4. The van der Waals surface area contributed by atoms with Gasteiger partial charge in [-0.3, -0.25) is 0 Å². The maximum atomic E-state index is 9.47. The predicted octanol–water partition coefficient (Wildman–Crippen LogP) is -2.01. The van der Waals surface area contributed by atoms with Crippen molar-refractivity contribution in [3.63, 3.8) is 0 Å². The van der Waals surface area contributed by atoms with Gasteiger partial charge < -0.3 is 29.9 Å². The molecule has 6 nitrogen and oxygen atoms in total. The first kappa shape index (κ1) is 12.6. The Morgan fingerprint density at radius 1 is 1.20 bits per heavy atom. The smallest absolute Gasteiger partial charge is 0.187 e. The third-order valence-electron chi connectivity index (χ3n) is 2.23. The molecule has 1 aliphatic rings. The standard InChI is InChI=1S/C9H16O6/c1-2-3-14-9-8(13)7(12)6(11)5(4-10)15-9/h2,5-13H,1,3-4H2/t5-,6+,7+,8+,9-/m0/s1. The molecule has 0 aromatic heterocycles. The number of hydrogen-bond donors (Lipinski definition) is 4. The Labute approximate surface area is 87.4 Å². The van der Waals surface area contributed by atoms with Crippen molar-refractivity contribution < 1.29 is 29.9 Å². The quantitative estimate of drug-likeness (QED) is 0.408. The van der Waals surface area contributed by atoms with Crippen molar-refractivity contribution >= 4 is 0 Å². The maximum Gasteiger partial charge on any atom is 0.187 e. The minimum Gasteiger partial charge on any atom is -0.394 e. The van der Waals surface area contributed by atoms with Crippen LogP contribution in [0, 0.1) is 0 Å². The van der Waals surface area contributed by atoms with Gasteiger partial charge in [-0.25, -0.2) is 0 Å². The van der Waals surface area contributed by atoms with Gasteiger partial charge in [-0.2, -0.15) is 0 Å². The van der Waals surface area contributed by atoms with Crippen molar-refractivity contribution in [2.24, 2.45) is 0 Å². The molecule has 0 unspecified atom stereocenters. The fraction of sp³-hybridized carbons (Fsp3) is 0.778. The molecule has 15 heavy (non-hydrogen) atoms. The second-order valence-corrected chi connectivity index (χ2v) is 3.32. The largest absolute Gasteiger partial charge is 0.394 e. The summed E-state index contributed by atoms with van der Waals surface area (Å²) < 4.78 is 10.1. The van der Waals surface area contributed by atoms with Crippen molar-refractivity contribution in [1.29, 1.82) is 0 Å². The molecule has 6 heteroatoms. The third-order valence-corrected chi connectivity index (χ3v) is 2.23. The van der Waals surface area contributed by atoms with Gasteiger partial charge in [0.15, 0.2) is 6.29 Å². The number of aliphatic hydroxyl groups excluding tert-OH is 4. The van der Waals surface area contributed by atoms with Crippen LogP contribution in [-0.2, 0) is 9.47 Å². The lowest BCUT2D eigenvalue weighted by Crippen LogP contribution is -2.59. The van der Waals surface area contributed by atoms with Crippen LogP contribution in [0.15, 0.2) is 12.7 Å². The van der Waals surface area contributed by atoms with E-state index in [-0.39, 0.29) is 6.61 Å². The average Bonchev–Trinajstić information content (AvgIpc) is 2.25. The lowest BCUT2D eigenvalue weighted by Gasteiger charge is -2.39. The molecule has 1 saturated heterocycles. The molecule has 1 aliphatic heterocycles. The number of hydrogen-bond acceptors (Lipinski definition) is 6. The molecule has 5 atom stereocenters. The minimum atomic E-state index is -1.40. The summed E-state index contributed by atoms with van der Waals surface area (Å²) in [6, 6.07) is 0. The molecule has 1 rings (SSSR count). The molecule has 0 spiro atoms. The number of rotatable bonds is 4. The first-order chi connectivity index (χ1) is 7.11. The average molecular weight is 220 g/mol. The highest BCUT2D eigenvalue weighted by atomic mass is 16.7. The van der Waals surface area contributed by atoms with Gasteiger partial charge in [-0.1, -0.05) is 6.08 Å². The van der Waals surface area contributed by atoms with E-state index in [0.717, 1.165) is 0 Å². The highest BCUT2D eigenvalue weighted by molar-refractivity contribution is 4.89. The highest BCUT2D eigenvalue weighted by Gasteiger charge is 2.43. The van der Waals surface area contributed by atoms with E-state index in [1.165, 1.54) is 6.08 Å². The Balaban J connectivity index is 2.60. The van der Waals surface area contributed by atoms with Gasteiger partial charge in [0.25, 0.3) is 0 Å². The molecule has 1 heterocycles. The Morgan fingerprint density at radius 2 is 1.87 bits per heavy atom. The minimum absolute atomic E-state index is 0.142. The Hall–Kier alpha value is -0.500. The Morgan fingerprint density at radius 3 is 2.40 bits per heavy atom. The van der Waals surface area contributed by atoms with E-state index in [1.807, 2.05) is 0 Å². The van der Waals surface area contributed by atoms with Crippen LogP contribution >= 0.6 is 0 Å². The SMILES string of the molecule is C=CCO[C@H]1O[C@@H](CO)[C@@H](O)[C@@H](O)[C@H]1O. The van der Waals surface area contributed by atoms with Gasteiger partial charge in [0.2, 0.25) is 0 Å². The summed E-state index contributed by atoms with van der Waals surface area (Å²) in [5, 5.41) is 37.1. The van der Waals surface area contributed by atoms with Crippen molar-refractivity contribution in [3.8, 4) is 0 Å². The number of ether oxygens (including phenoxy) is 2. The number of aliphatic hydroxyl groups is 4. The van der Waals surface area contributed by atoms with Crippen LogP contribution in [-0.4, -0.2) is 64.3 Å². The van der Waals surface area contributed by atoms with Crippen LogP contribution in [0.3, 0.4) is 0 Å². The summed E-state index contributed by atoms with van der Waals surface area (Å²) in [6.45, 7) is 3.10. The predicted molar refractivity (Wildman–Crippen MR) is 49.9 cm³/mol. The van der Waals surface area contributed by atoms with E-state index in [1.54, 1.807) is 0 Å². The van der Waals surface area contributed by atoms with E-state index < -0.39 is 37.3 Å². The molecular formula is C9H16O6. The van der Waals surface area contributed by atoms with Crippen molar-refractivity contribution in [3.05, 3.63) is 12.7 Å². The summed E-state index contributed by atoms with van der Waals surface area (Å²) in [5.74, 6) is 0. The molecule has 0 aromatic rings. The zero-order valence-corrected chi connectivity index (χ0v) is 8.19. The van der Waals surface area contributed by atoms with Crippen LogP contribution < -0.4 is 0 Å².